The quantitative estimate of drug-likeness (QED) is 0.834. The molecule has 0 fully saturated rings. The lowest BCUT2D eigenvalue weighted by Crippen LogP contribution is -2.08. The average molecular weight is 216 g/mol. The van der Waals surface area contributed by atoms with Crippen LogP contribution < -0.4 is 5.73 Å². The van der Waals surface area contributed by atoms with E-state index in [0.717, 1.165) is 22.8 Å². The van der Waals surface area contributed by atoms with Crippen LogP contribution in [0.5, 0.6) is 0 Å². The Balaban J connectivity index is 2.48. The zero-order valence-electron chi connectivity index (χ0n) is 9.81. The number of hydrogen-bond acceptors (Lipinski definition) is 3. The van der Waals surface area contributed by atoms with Crippen molar-refractivity contribution in [2.75, 3.05) is 0 Å². The Kier molecular flexibility index (Phi) is 2.75. The smallest absolute Gasteiger partial charge is 0.153 e. The van der Waals surface area contributed by atoms with Crippen molar-refractivity contribution in [3.8, 4) is 5.82 Å². The van der Waals surface area contributed by atoms with Crippen molar-refractivity contribution in [2.45, 2.75) is 26.8 Å². The van der Waals surface area contributed by atoms with Gasteiger partial charge in [-0.1, -0.05) is 0 Å². The summed E-state index contributed by atoms with van der Waals surface area (Å²) in [6.45, 7) is 5.94. The van der Waals surface area contributed by atoms with E-state index in [-0.39, 0.29) is 6.04 Å². The van der Waals surface area contributed by atoms with E-state index in [1.165, 1.54) is 0 Å². The van der Waals surface area contributed by atoms with E-state index in [2.05, 4.69) is 10.1 Å². The van der Waals surface area contributed by atoms with Gasteiger partial charge >= 0.3 is 0 Å². The Bertz CT molecular complexity index is 499. The van der Waals surface area contributed by atoms with Gasteiger partial charge in [0.05, 0.1) is 5.69 Å². The van der Waals surface area contributed by atoms with Gasteiger partial charge in [-0.15, -0.1) is 0 Å². The highest BCUT2D eigenvalue weighted by atomic mass is 15.3. The van der Waals surface area contributed by atoms with Crippen molar-refractivity contribution in [3.05, 3.63) is 41.3 Å². The van der Waals surface area contributed by atoms with Gasteiger partial charge in [-0.2, -0.15) is 5.10 Å². The lowest BCUT2D eigenvalue weighted by atomic mass is 10.1. The molecule has 2 rings (SSSR count). The summed E-state index contributed by atoms with van der Waals surface area (Å²) in [6.07, 6.45) is 1.77. The van der Waals surface area contributed by atoms with E-state index >= 15 is 0 Å². The summed E-state index contributed by atoms with van der Waals surface area (Å²) in [5, 5.41) is 4.39. The van der Waals surface area contributed by atoms with Gasteiger partial charge < -0.3 is 5.73 Å². The Morgan fingerprint density at radius 2 is 2.06 bits per heavy atom. The van der Waals surface area contributed by atoms with Gasteiger partial charge in [-0.3, -0.25) is 0 Å². The monoisotopic (exact) mass is 216 g/mol. The molecular weight excluding hydrogens is 200 g/mol. The number of nitrogens with two attached hydrogens (primary N) is 1. The van der Waals surface area contributed by atoms with Crippen molar-refractivity contribution >= 4 is 0 Å². The predicted octanol–water partition coefficient (Wildman–Crippen LogP) is 1.90. The molecule has 2 aromatic heterocycles. The van der Waals surface area contributed by atoms with E-state index in [9.17, 15) is 0 Å². The minimum absolute atomic E-state index is 0.0127. The molecular formula is C12H16N4. The minimum Gasteiger partial charge on any atom is -0.324 e. The Labute approximate surface area is 95.1 Å². The third-order valence-corrected chi connectivity index (χ3v) is 2.52. The fourth-order valence-corrected chi connectivity index (χ4v) is 1.69. The summed E-state index contributed by atoms with van der Waals surface area (Å²) in [4.78, 5) is 4.31. The van der Waals surface area contributed by atoms with Crippen LogP contribution in [0.1, 0.15) is 29.9 Å². The number of nitrogens with zero attached hydrogens (tertiary/aromatic N) is 3. The van der Waals surface area contributed by atoms with Gasteiger partial charge in [-0.05, 0) is 44.5 Å². The predicted molar refractivity (Wildman–Crippen MR) is 63.4 cm³/mol. The highest BCUT2D eigenvalue weighted by molar-refractivity contribution is 5.31. The van der Waals surface area contributed by atoms with Gasteiger partial charge in [0.25, 0.3) is 0 Å². The first-order valence-electron chi connectivity index (χ1n) is 5.33. The molecule has 0 radical (unpaired) electrons. The molecule has 1 atom stereocenters. The third kappa shape index (κ3) is 1.97. The lowest BCUT2D eigenvalue weighted by Gasteiger charge is -2.08. The van der Waals surface area contributed by atoms with Crippen LogP contribution in [0.15, 0.2) is 24.4 Å². The summed E-state index contributed by atoms with van der Waals surface area (Å²) in [7, 11) is 0. The molecule has 2 N–H and O–H groups in total. The maximum atomic E-state index is 5.85. The van der Waals surface area contributed by atoms with E-state index < -0.39 is 0 Å². The molecule has 0 aliphatic heterocycles. The maximum Gasteiger partial charge on any atom is 0.153 e. The largest absolute Gasteiger partial charge is 0.324 e. The van der Waals surface area contributed by atoms with Crippen molar-refractivity contribution in [1.29, 1.82) is 0 Å². The van der Waals surface area contributed by atoms with E-state index in [4.69, 9.17) is 5.73 Å². The van der Waals surface area contributed by atoms with Crippen LogP contribution in [0.25, 0.3) is 5.82 Å². The topological polar surface area (TPSA) is 56.7 Å². The number of pyridine rings is 1. The van der Waals surface area contributed by atoms with Crippen molar-refractivity contribution in [3.63, 3.8) is 0 Å². The van der Waals surface area contributed by atoms with Crippen LogP contribution in [0.4, 0.5) is 0 Å². The Morgan fingerprint density at radius 3 is 2.62 bits per heavy atom. The van der Waals surface area contributed by atoms with Gasteiger partial charge in [0, 0.05) is 17.9 Å². The fraction of sp³-hybridized carbons (Fsp3) is 0.333. The molecule has 0 bridgehead atoms. The van der Waals surface area contributed by atoms with Crippen molar-refractivity contribution in [1.82, 2.24) is 14.8 Å². The van der Waals surface area contributed by atoms with Gasteiger partial charge in [0.1, 0.15) is 0 Å². The SMILES string of the molecule is Cc1cc(C)n(-c2cc([C@@H](C)N)ccn2)n1. The summed E-state index contributed by atoms with van der Waals surface area (Å²) in [5.74, 6) is 0.820. The highest BCUT2D eigenvalue weighted by Crippen LogP contribution is 2.14. The molecule has 0 aromatic carbocycles. The van der Waals surface area contributed by atoms with Crippen LogP contribution >= 0.6 is 0 Å². The van der Waals surface area contributed by atoms with Gasteiger partial charge in [0.2, 0.25) is 0 Å². The molecule has 2 aromatic rings. The summed E-state index contributed by atoms with van der Waals surface area (Å²) < 4.78 is 1.83. The van der Waals surface area contributed by atoms with Gasteiger partial charge in [-0.25, -0.2) is 9.67 Å². The second-order valence-electron chi connectivity index (χ2n) is 4.07. The van der Waals surface area contributed by atoms with Crippen LogP contribution in [0, 0.1) is 13.8 Å². The number of rotatable bonds is 2. The molecule has 0 saturated carbocycles. The molecule has 0 unspecified atom stereocenters. The highest BCUT2D eigenvalue weighted by Gasteiger charge is 2.07. The standard InChI is InChI=1S/C12H16N4/c1-8-6-9(2)16(15-8)12-7-11(10(3)13)4-5-14-12/h4-7,10H,13H2,1-3H3/t10-/m1/s1. The first-order valence-corrected chi connectivity index (χ1v) is 5.33. The van der Waals surface area contributed by atoms with Crippen molar-refractivity contribution in [2.24, 2.45) is 5.73 Å². The van der Waals surface area contributed by atoms with Crippen LogP contribution in [-0.4, -0.2) is 14.8 Å². The van der Waals surface area contributed by atoms with E-state index in [0.29, 0.717) is 0 Å². The number of aryl methyl sites for hydroxylation is 2. The number of hydrogen-bond donors (Lipinski definition) is 1. The second kappa shape index (κ2) is 4.06. The van der Waals surface area contributed by atoms with Crippen LogP contribution in [0.3, 0.4) is 0 Å². The van der Waals surface area contributed by atoms with E-state index in [1.54, 1.807) is 6.20 Å². The van der Waals surface area contributed by atoms with Gasteiger partial charge in [0.15, 0.2) is 5.82 Å². The number of aromatic nitrogens is 3. The molecule has 0 aliphatic rings. The summed E-state index contributed by atoms with van der Waals surface area (Å²) >= 11 is 0. The summed E-state index contributed by atoms with van der Waals surface area (Å²) in [5.41, 5.74) is 8.98. The molecule has 84 valence electrons. The first-order chi connectivity index (χ1) is 7.58. The lowest BCUT2D eigenvalue weighted by molar-refractivity contribution is 0.780. The zero-order chi connectivity index (χ0) is 11.7. The molecule has 0 spiro atoms. The normalized spacial score (nSPS) is 12.8. The first kappa shape index (κ1) is 10.8. The molecule has 0 aliphatic carbocycles. The minimum atomic E-state index is 0.0127. The Hall–Kier alpha value is -1.68. The van der Waals surface area contributed by atoms with Crippen molar-refractivity contribution < 1.29 is 0 Å². The molecule has 0 saturated heterocycles. The molecule has 4 nitrogen and oxygen atoms in total. The third-order valence-electron chi connectivity index (χ3n) is 2.52. The van der Waals surface area contributed by atoms with Crippen LogP contribution in [-0.2, 0) is 0 Å². The van der Waals surface area contributed by atoms with E-state index in [1.807, 2.05) is 43.7 Å². The Morgan fingerprint density at radius 1 is 1.31 bits per heavy atom. The zero-order valence-corrected chi connectivity index (χ0v) is 9.81. The molecule has 4 heteroatoms. The molecule has 2 heterocycles. The van der Waals surface area contributed by atoms with Crippen LogP contribution in [0.2, 0.25) is 0 Å². The average Bonchev–Trinajstić information content (AvgIpc) is 2.58. The fourth-order valence-electron chi connectivity index (χ4n) is 1.69. The summed E-state index contributed by atoms with van der Waals surface area (Å²) in [6, 6.07) is 5.95. The molecule has 0 amide bonds. The molecule has 16 heavy (non-hydrogen) atoms. The second-order valence-corrected chi connectivity index (χ2v) is 4.07. The maximum absolute atomic E-state index is 5.85.